The molecule has 2 atom stereocenters. The summed E-state index contributed by atoms with van der Waals surface area (Å²) >= 11 is 3.48. The fourth-order valence-electron chi connectivity index (χ4n) is 2.31. The molecular formula is C14H20BrNO2. The van der Waals surface area contributed by atoms with Gasteiger partial charge in [-0.05, 0) is 40.0 Å². The van der Waals surface area contributed by atoms with Crippen molar-refractivity contribution in [2.24, 2.45) is 5.41 Å². The lowest BCUT2D eigenvalue weighted by molar-refractivity contribution is -0.0729. The molecule has 2 unspecified atom stereocenters. The van der Waals surface area contributed by atoms with E-state index >= 15 is 0 Å². The Hall–Kier alpha value is -0.580. The normalized spacial score (nSPS) is 25.6. The summed E-state index contributed by atoms with van der Waals surface area (Å²) in [5.74, 6) is 0.846. The van der Waals surface area contributed by atoms with E-state index in [2.05, 4.69) is 47.2 Å². The summed E-state index contributed by atoms with van der Waals surface area (Å²) in [5, 5.41) is 13.2. The molecule has 2 rings (SSSR count). The number of hydrogen-bond donors (Lipinski definition) is 2. The first-order chi connectivity index (χ1) is 8.45. The molecule has 0 aliphatic heterocycles. The average molecular weight is 314 g/mol. The van der Waals surface area contributed by atoms with Gasteiger partial charge in [0.25, 0.3) is 0 Å². The van der Waals surface area contributed by atoms with Crippen LogP contribution in [-0.2, 0) is 6.54 Å². The highest BCUT2D eigenvalue weighted by atomic mass is 79.9. The van der Waals surface area contributed by atoms with Gasteiger partial charge in [0.15, 0.2) is 0 Å². The van der Waals surface area contributed by atoms with E-state index in [1.165, 1.54) is 5.56 Å². The highest BCUT2D eigenvalue weighted by Crippen LogP contribution is 2.40. The number of aliphatic hydroxyl groups excluding tert-OH is 1. The van der Waals surface area contributed by atoms with Crippen LogP contribution in [0, 0.1) is 5.41 Å². The third kappa shape index (κ3) is 2.56. The molecule has 1 aromatic carbocycles. The Kier molecular flexibility index (Phi) is 3.99. The maximum atomic E-state index is 9.69. The largest absolute Gasteiger partial charge is 0.496 e. The number of benzene rings is 1. The van der Waals surface area contributed by atoms with Crippen LogP contribution in [-0.4, -0.2) is 24.4 Å². The molecule has 1 saturated carbocycles. The number of ether oxygens (including phenoxy) is 1. The van der Waals surface area contributed by atoms with E-state index in [-0.39, 0.29) is 11.5 Å². The standard InChI is InChI=1S/C14H20BrNO2/c1-14(2)12(7-13(14)17)16-8-9-4-5-11(18-3)10(15)6-9/h4-6,12-13,16-17H,7-8H2,1-3H3. The van der Waals surface area contributed by atoms with Gasteiger partial charge in [-0.15, -0.1) is 0 Å². The van der Waals surface area contributed by atoms with Crippen molar-refractivity contribution in [3.05, 3.63) is 28.2 Å². The van der Waals surface area contributed by atoms with Crippen molar-refractivity contribution in [2.45, 2.75) is 39.0 Å². The number of methoxy groups -OCH3 is 1. The van der Waals surface area contributed by atoms with Gasteiger partial charge < -0.3 is 15.2 Å². The molecule has 1 fully saturated rings. The lowest BCUT2D eigenvalue weighted by Crippen LogP contribution is -2.59. The number of halogens is 1. The van der Waals surface area contributed by atoms with Crippen molar-refractivity contribution < 1.29 is 9.84 Å². The van der Waals surface area contributed by atoms with Gasteiger partial charge in [0.1, 0.15) is 5.75 Å². The molecule has 1 aliphatic rings. The Morgan fingerprint density at radius 1 is 1.50 bits per heavy atom. The van der Waals surface area contributed by atoms with E-state index in [0.717, 1.165) is 23.2 Å². The fraction of sp³-hybridized carbons (Fsp3) is 0.571. The molecule has 0 amide bonds. The predicted octanol–water partition coefficient (Wildman–Crippen LogP) is 2.71. The summed E-state index contributed by atoms with van der Waals surface area (Å²) in [7, 11) is 1.66. The highest BCUT2D eigenvalue weighted by Gasteiger charge is 2.46. The smallest absolute Gasteiger partial charge is 0.133 e. The van der Waals surface area contributed by atoms with E-state index in [9.17, 15) is 5.11 Å². The predicted molar refractivity (Wildman–Crippen MR) is 75.7 cm³/mol. The molecule has 4 heteroatoms. The second-order valence-electron chi connectivity index (χ2n) is 5.48. The number of rotatable bonds is 4. The summed E-state index contributed by atoms with van der Waals surface area (Å²) in [4.78, 5) is 0. The summed E-state index contributed by atoms with van der Waals surface area (Å²) in [6, 6.07) is 6.46. The van der Waals surface area contributed by atoms with Crippen LogP contribution in [0.2, 0.25) is 0 Å². The van der Waals surface area contributed by atoms with Gasteiger partial charge in [-0.2, -0.15) is 0 Å². The zero-order valence-electron chi connectivity index (χ0n) is 11.0. The van der Waals surface area contributed by atoms with E-state index in [4.69, 9.17) is 4.74 Å². The van der Waals surface area contributed by atoms with Gasteiger partial charge in [-0.1, -0.05) is 19.9 Å². The molecule has 0 bridgehead atoms. The second-order valence-corrected chi connectivity index (χ2v) is 6.33. The lowest BCUT2D eigenvalue weighted by atomic mass is 9.64. The second kappa shape index (κ2) is 5.19. The van der Waals surface area contributed by atoms with Crippen LogP contribution in [0.3, 0.4) is 0 Å². The Labute approximate surface area is 117 Å². The monoisotopic (exact) mass is 313 g/mol. The van der Waals surface area contributed by atoms with Gasteiger partial charge in [0.2, 0.25) is 0 Å². The average Bonchev–Trinajstić information content (AvgIpc) is 2.34. The van der Waals surface area contributed by atoms with E-state index < -0.39 is 0 Å². The van der Waals surface area contributed by atoms with Gasteiger partial charge in [0.05, 0.1) is 17.7 Å². The summed E-state index contributed by atoms with van der Waals surface area (Å²) in [5.41, 5.74) is 1.18. The van der Waals surface area contributed by atoms with E-state index in [1.54, 1.807) is 7.11 Å². The van der Waals surface area contributed by atoms with Crippen LogP contribution < -0.4 is 10.1 Å². The van der Waals surface area contributed by atoms with Crippen molar-refractivity contribution in [1.82, 2.24) is 5.32 Å². The molecule has 1 aliphatic carbocycles. The summed E-state index contributed by atoms with van der Waals surface area (Å²) < 4.78 is 6.17. The van der Waals surface area contributed by atoms with Gasteiger partial charge in [-0.25, -0.2) is 0 Å². The van der Waals surface area contributed by atoms with E-state index in [1.807, 2.05) is 6.07 Å². The SMILES string of the molecule is COc1ccc(CNC2CC(O)C2(C)C)cc1Br. The minimum atomic E-state index is -0.183. The Bertz CT molecular complexity index is 434. The minimum absolute atomic E-state index is 0.0241. The van der Waals surface area contributed by atoms with Gasteiger partial charge >= 0.3 is 0 Å². The fourth-order valence-corrected chi connectivity index (χ4v) is 2.90. The molecular weight excluding hydrogens is 294 g/mol. The Balaban J connectivity index is 1.93. The number of hydrogen-bond acceptors (Lipinski definition) is 3. The van der Waals surface area contributed by atoms with Crippen molar-refractivity contribution in [2.75, 3.05) is 7.11 Å². The summed E-state index contributed by atoms with van der Waals surface area (Å²) in [6.07, 6.45) is 0.655. The molecule has 0 radical (unpaired) electrons. The number of aliphatic hydroxyl groups is 1. The van der Waals surface area contributed by atoms with Crippen LogP contribution in [0.4, 0.5) is 0 Å². The van der Waals surface area contributed by atoms with Crippen molar-refractivity contribution in [3.63, 3.8) is 0 Å². The van der Waals surface area contributed by atoms with Crippen LogP contribution in [0.25, 0.3) is 0 Å². The maximum absolute atomic E-state index is 9.69. The molecule has 0 heterocycles. The molecule has 0 saturated heterocycles. The third-order valence-electron chi connectivity index (χ3n) is 3.98. The van der Waals surface area contributed by atoms with Gasteiger partial charge in [0, 0.05) is 18.0 Å². The van der Waals surface area contributed by atoms with Crippen LogP contribution in [0.1, 0.15) is 25.8 Å². The van der Waals surface area contributed by atoms with Crippen LogP contribution >= 0.6 is 15.9 Å². The zero-order valence-corrected chi connectivity index (χ0v) is 12.6. The number of nitrogens with one attached hydrogen (secondary N) is 1. The van der Waals surface area contributed by atoms with Gasteiger partial charge in [-0.3, -0.25) is 0 Å². The molecule has 0 spiro atoms. The Morgan fingerprint density at radius 3 is 2.72 bits per heavy atom. The summed E-state index contributed by atoms with van der Waals surface area (Å²) in [6.45, 7) is 5.01. The van der Waals surface area contributed by atoms with Crippen molar-refractivity contribution in [1.29, 1.82) is 0 Å². The first kappa shape index (κ1) is 13.8. The van der Waals surface area contributed by atoms with Crippen LogP contribution in [0.15, 0.2) is 22.7 Å². The van der Waals surface area contributed by atoms with Crippen molar-refractivity contribution in [3.8, 4) is 5.75 Å². The third-order valence-corrected chi connectivity index (χ3v) is 4.60. The molecule has 0 aromatic heterocycles. The van der Waals surface area contributed by atoms with Crippen LogP contribution in [0.5, 0.6) is 5.75 Å². The molecule has 3 nitrogen and oxygen atoms in total. The maximum Gasteiger partial charge on any atom is 0.133 e. The topological polar surface area (TPSA) is 41.5 Å². The Morgan fingerprint density at radius 2 is 2.22 bits per heavy atom. The minimum Gasteiger partial charge on any atom is -0.496 e. The first-order valence-corrected chi connectivity index (χ1v) is 6.98. The highest BCUT2D eigenvalue weighted by molar-refractivity contribution is 9.10. The molecule has 18 heavy (non-hydrogen) atoms. The van der Waals surface area contributed by atoms with E-state index in [0.29, 0.717) is 6.04 Å². The molecule has 100 valence electrons. The quantitative estimate of drug-likeness (QED) is 0.898. The first-order valence-electron chi connectivity index (χ1n) is 6.19. The lowest BCUT2D eigenvalue weighted by Gasteiger charge is -2.49. The molecule has 1 aromatic rings. The zero-order chi connectivity index (χ0) is 13.3. The molecule has 2 N–H and O–H groups in total. The van der Waals surface area contributed by atoms with Crippen molar-refractivity contribution >= 4 is 15.9 Å².